The number of nitrogens with zero attached hydrogens (tertiary/aromatic N) is 1. The maximum atomic E-state index is 13.0. The maximum absolute atomic E-state index is 13.0. The van der Waals surface area contributed by atoms with Crippen molar-refractivity contribution in [2.24, 2.45) is 40.4 Å². The SMILES string of the molecule is CC(CCC(=O)N1CCC(O)(CC(F)(F)F)CC1)[C@H]1CC[C@H]2[C@@H]3CC=C4C[C@@H](O)CC[C@]4(C)[C@H]3CC[C@]12C. The number of carbonyl (C=O) groups is 1. The normalized spacial score (nSPS) is 41.5. The van der Waals surface area contributed by atoms with Gasteiger partial charge < -0.3 is 15.1 Å². The van der Waals surface area contributed by atoms with Gasteiger partial charge in [0.25, 0.3) is 0 Å². The predicted molar refractivity (Wildman–Crippen MR) is 141 cm³/mol. The van der Waals surface area contributed by atoms with E-state index in [9.17, 15) is 28.2 Å². The van der Waals surface area contributed by atoms with Crippen molar-refractivity contribution in [2.75, 3.05) is 13.1 Å². The van der Waals surface area contributed by atoms with Crippen molar-refractivity contribution < 1.29 is 28.2 Å². The molecule has 5 rings (SSSR count). The second-order valence-corrected chi connectivity index (χ2v) is 14.3. The Morgan fingerprint density at radius 1 is 1.08 bits per heavy atom. The topological polar surface area (TPSA) is 60.8 Å². The van der Waals surface area contributed by atoms with Crippen LogP contribution < -0.4 is 0 Å². The number of aliphatic hydroxyl groups is 2. The Hall–Kier alpha value is -1.08. The number of halogens is 3. The van der Waals surface area contributed by atoms with Crippen molar-refractivity contribution in [3.05, 3.63) is 11.6 Å². The van der Waals surface area contributed by atoms with E-state index in [0.29, 0.717) is 23.7 Å². The highest BCUT2D eigenvalue weighted by atomic mass is 19.4. The lowest BCUT2D eigenvalue weighted by Crippen LogP contribution is -2.51. The van der Waals surface area contributed by atoms with Gasteiger partial charge in [0.05, 0.1) is 18.1 Å². The molecule has 4 aliphatic carbocycles. The zero-order valence-electron chi connectivity index (χ0n) is 23.5. The lowest BCUT2D eigenvalue weighted by atomic mass is 9.47. The summed E-state index contributed by atoms with van der Waals surface area (Å²) in [6, 6.07) is 0. The van der Waals surface area contributed by atoms with Gasteiger partial charge in [0.2, 0.25) is 5.91 Å². The molecule has 216 valence electrons. The van der Waals surface area contributed by atoms with E-state index in [1.54, 1.807) is 4.90 Å². The average molecular weight is 540 g/mol. The molecule has 0 spiro atoms. The molecule has 0 radical (unpaired) electrons. The summed E-state index contributed by atoms with van der Waals surface area (Å²) in [5.74, 6) is 3.23. The number of allylic oxidation sites excluding steroid dienone is 1. The van der Waals surface area contributed by atoms with Gasteiger partial charge in [-0.25, -0.2) is 0 Å². The minimum atomic E-state index is -4.39. The molecule has 38 heavy (non-hydrogen) atoms. The van der Waals surface area contributed by atoms with E-state index >= 15 is 0 Å². The minimum Gasteiger partial charge on any atom is -0.393 e. The van der Waals surface area contributed by atoms with Gasteiger partial charge in [0, 0.05) is 19.5 Å². The summed E-state index contributed by atoms with van der Waals surface area (Å²) in [6.45, 7) is 7.70. The monoisotopic (exact) mass is 539 g/mol. The van der Waals surface area contributed by atoms with Crippen LogP contribution in [-0.4, -0.2) is 52.0 Å². The van der Waals surface area contributed by atoms with Gasteiger partial charge in [0.1, 0.15) is 0 Å². The number of carbonyl (C=O) groups excluding carboxylic acids is 1. The second kappa shape index (κ2) is 10.1. The first kappa shape index (κ1) is 28.4. The van der Waals surface area contributed by atoms with Crippen molar-refractivity contribution in [2.45, 2.75) is 122 Å². The number of piperidine rings is 1. The third-order valence-corrected chi connectivity index (χ3v) is 12.2. The van der Waals surface area contributed by atoms with Crippen LogP contribution in [0, 0.1) is 40.4 Å². The summed E-state index contributed by atoms with van der Waals surface area (Å²) < 4.78 is 38.4. The first-order valence-corrected chi connectivity index (χ1v) is 15.2. The molecule has 4 fully saturated rings. The smallest absolute Gasteiger partial charge is 0.391 e. The number of hydrogen-bond donors (Lipinski definition) is 2. The van der Waals surface area contributed by atoms with Gasteiger partial charge in [-0.15, -0.1) is 0 Å². The number of fused-ring (bicyclic) bond motifs is 5. The molecule has 1 aliphatic heterocycles. The minimum absolute atomic E-state index is 0.00717. The molecule has 1 saturated heterocycles. The van der Waals surface area contributed by atoms with Crippen molar-refractivity contribution in [1.82, 2.24) is 4.90 Å². The quantitative estimate of drug-likeness (QED) is 0.385. The van der Waals surface area contributed by atoms with Crippen molar-refractivity contribution in [3.8, 4) is 0 Å². The summed E-state index contributed by atoms with van der Waals surface area (Å²) >= 11 is 0. The maximum Gasteiger partial charge on any atom is 0.391 e. The molecule has 0 bridgehead atoms. The Labute approximate surface area is 226 Å². The molecule has 0 aromatic rings. The number of hydrogen-bond acceptors (Lipinski definition) is 3. The van der Waals surface area contributed by atoms with Gasteiger partial charge in [-0.1, -0.05) is 32.4 Å². The molecule has 1 unspecified atom stereocenters. The Kier molecular flexibility index (Phi) is 7.55. The predicted octanol–water partition coefficient (Wildman–Crippen LogP) is 6.65. The van der Waals surface area contributed by atoms with Crippen LogP contribution in [0.3, 0.4) is 0 Å². The van der Waals surface area contributed by atoms with E-state index in [4.69, 9.17) is 0 Å². The summed E-state index contributed by atoms with van der Waals surface area (Å²) in [6.07, 6.45) is 7.01. The average Bonchev–Trinajstić information content (AvgIpc) is 3.19. The van der Waals surface area contributed by atoms with Gasteiger partial charge in [-0.2, -0.15) is 13.2 Å². The molecule has 5 aliphatic rings. The fraction of sp³-hybridized carbons (Fsp3) is 0.903. The van der Waals surface area contributed by atoms with Crippen LogP contribution in [0.2, 0.25) is 0 Å². The molecule has 1 amide bonds. The Bertz CT molecular complexity index is 926. The fourth-order valence-electron chi connectivity index (χ4n) is 10.0. The number of amides is 1. The summed E-state index contributed by atoms with van der Waals surface area (Å²) in [5, 5.41) is 20.6. The number of rotatable bonds is 5. The summed E-state index contributed by atoms with van der Waals surface area (Å²) in [5.41, 5.74) is 0.328. The summed E-state index contributed by atoms with van der Waals surface area (Å²) in [4.78, 5) is 14.6. The van der Waals surface area contributed by atoms with E-state index in [1.807, 2.05) is 0 Å². The van der Waals surface area contributed by atoms with Crippen molar-refractivity contribution >= 4 is 5.91 Å². The zero-order valence-corrected chi connectivity index (χ0v) is 23.5. The molecule has 4 nitrogen and oxygen atoms in total. The van der Waals surface area contributed by atoms with Crippen LogP contribution in [0.15, 0.2) is 11.6 Å². The van der Waals surface area contributed by atoms with Crippen LogP contribution in [0.5, 0.6) is 0 Å². The van der Waals surface area contributed by atoms with Crippen LogP contribution in [0.4, 0.5) is 13.2 Å². The third-order valence-electron chi connectivity index (χ3n) is 12.2. The van der Waals surface area contributed by atoms with Gasteiger partial charge in [-0.05, 0) is 111 Å². The van der Waals surface area contributed by atoms with Gasteiger partial charge >= 0.3 is 6.18 Å². The Morgan fingerprint density at radius 3 is 2.47 bits per heavy atom. The highest BCUT2D eigenvalue weighted by molar-refractivity contribution is 5.76. The van der Waals surface area contributed by atoms with E-state index in [2.05, 4.69) is 26.8 Å². The van der Waals surface area contributed by atoms with Crippen LogP contribution in [0.1, 0.15) is 104 Å². The molecule has 7 heteroatoms. The lowest BCUT2D eigenvalue weighted by molar-refractivity contribution is -0.185. The molecule has 0 aromatic carbocycles. The highest BCUT2D eigenvalue weighted by Gasteiger charge is 2.59. The molecule has 2 N–H and O–H groups in total. The van der Waals surface area contributed by atoms with Crippen LogP contribution >= 0.6 is 0 Å². The van der Waals surface area contributed by atoms with Crippen LogP contribution in [0.25, 0.3) is 0 Å². The standard InChI is InChI=1S/C31H48F3NO3/c1-20(4-9-27(37)35-16-14-30(38,15-17-35)19-31(32,33)34)24-7-8-25-23-6-5-21-18-22(36)10-12-28(21,2)26(23)11-13-29(24,25)3/h5,20,22-26,36,38H,4,6-19H2,1-3H3/t20?,22-,23-,24+,25-,26-,28-,29+/m0/s1. The largest absolute Gasteiger partial charge is 0.393 e. The first-order valence-electron chi connectivity index (χ1n) is 15.2. The molecule has 1 heterocycles. The summed E-state index contributed by atoms with van der Waals surface area (Å²) in [7, 11) is 0. The molecular formula is C31H48F3NO3. The van der Waals surface area contributed by atoms with Gasteiger partial charge in [0.15, 0.2) is 0 Å². The molecule has 8 atom stereocenters. The third kappa shape index (κ3) is 5.20. The van der Waals surface area contributed by atoms with Crippen molar-refractivity contribution in [3.63, 3.8) is 0 Å². The first-order chi connectivity index (χ1) is 17.7. The fourth-order valence-corrected chi connectivity index (χ4v) is 10.0. The molecular weight excluding hydrogens is 491 g/mol. The lowest BCUT2D eigenvalue weighted by Gasteiger charge is -2.58. The van der Waals surface area contributed by atoms with E-state index in [1.165, 1.54) is 31.3 Å². The Morgan fingerprint density at radius 2 is 1.79 bits per heavy atom. The van der Waals surface area contributed by atoms with E-state index < -0.39 is 18.2 Å². The molecule has 0 aromatic heterocycles. The number of aliphatic hydroxyl groups excluding tert-OH is 1. The number of likely N-dealkylation sites (tertiary alicyclic amines) is 1. The van der Waals surface area contributed by atoms with Crippen LogP contribution in [-0.2, 0) is 4.79 Å². The van der Waals surface area contributed by atoms with E-state index in [-0.39, 0.29) is 43.4 Å². The second-order valence-electron chi connectivity index (χ2n) is 14.3. The highest BCUT2D eigenvalue weighted by Crippen LogP contribution is 2.67. The van der Waals surface area contributed by atoms with Gasteiger partial charge in [-0.3, -0.25) is 4.79 Å². The Balaban J connectivity index is 1.16. The zero-order chi connectivity index (χ0) is 27.5. The number of alkyl halides is 3. The molecule has 3 saturated carbocycles. The van der Waals surface area contributed by atoms with E-state index in [0.717, 1.165) is 49.9 Å². The van der Waals surface area contributed by atoms with Crippen molar-refractivity contribution in [1.29, 1.82) is 0 Å².